The number of aryl methyl sites for hydroxylation is 1. The quantitative estimate of drug-likeness (QED) is 0.560. The molecule has 134 valence electrons. The first kappa shape index (κ1) is 17.1. The average molecular weight is 376 g/mol. The first-order valence-corrected chi connectivity index (χ1v) is 9.21. The molecule has 0 saturated heterocycles. The summed E-state index contributed by atoms with van der Waals surface area (Å²) in [7, 11) is 0. The highest BCUT2D eigenvalue weighted by Crippen LogP contribution is 2.38. The van der Waals surface area contributed by atoms with Crippen LogP contribution in [-0.2, 0) is 11.2 Å². The summed E-state index contributed by atoms with van der Waals surface area (Å²) in [6, 6.07) is 19.3. The normalized spacial score (nSPS) is 10.7. The van der Waals surface area contributed by atoms with Gasteiger partial charge in [-0.3, -0.25) is 4.79 Å². The average Bonchev–Trinajstić information content (AvgIpc) is 3.29. The fourth-order valence-corrected chi connectivity index (χ4v) is 3.57. The highest BCUT2D eigenvalue weighted by molar-refractivity contribution is 7.19. The van der Waals surface area contributed by atoms with Crippen molar-refractivity contribution in [3.8, 4) is 22.0 Å². The third kappa shape index (κ3) is 3.93. The van der Waals surface area contributed by atoms with Crippen LogP contribution in [0, 0.1) is 6.92 Å². The van der Waals surface area contributed by atoms with E-state index in [1.165, 1.54) is 11.3 Å². The number of benzene rings is 2. The first-order chi connectivity index (χ1) is 13.2. The molecule has 0 unspecified atom stereocenters. The number of thiazole rings is 1. The second-order valence-corrected chi connectivity index (χ2v) is 6.92. The van der Waals surface area contributed by atoms with Gasteiger partial charge >= 0.3 is 0 Å². The Bertz CT molecular complexity index is 1060. The van der Waals surface area contributed by atoms with Gasteiger partial charge in [-0.2, -0.15) is 4.98 Å². The van der Waals surface area contributed by atoms with Gasteiger partial charge in [0, 0.05) is 5.56 Å². The molecule has 1 N–H and O–H groups in total. The summed E-state index contributed by atoms with van der Waals surface area (Å²) in [5.74, 6) is 0.822. The Hall–Kier alpha value is -3.32. The van der Waals surface area contributed by atoms with E-state index in [-0.39, 0.29) is 12.3 Å². The molecule has 7 heteroatoms. The number of nitrogens with one attached hydrogen (secondary N) is 1. The highest BCUT2D eigenvalue weighted by atomic mass is 32.1. The number of amides is 1. The van der Waals surface area contributed by atoms with Crippen molar-refractivity contribution < 1.29 is 9.32 Å². The fourth-order valence-electron chi connectivity index (χ4n) is 2.64. The van der Waals surface area contributed by atoms with Crippen molar-refractivity contribution >= 4 is 22.4 Å². The largest absolute Gasteiger partial charge is 0.333 e. The van der Waals surface area contributed by atoms with E-state index >= 15 is 0 Å². The summed E-state index contributed by atoms with van der Waals surface area (Å²) in [6.45, 7) is 1.76. The van der Waals surface area contributed by atoms with Crippen LogP contribution >= 0.6 is 11.3 Å². The van der Waals surface area contributed by atoms with Crippen molar-refractivity contribution in [2.75, 3.05) is 5.32 Å². The first-order valence-electron chi connectivity index (χ1n) is 8.40. The van der Waals surface area contributed by atoms with Crippen LogP contribution in [0.2, 0.25) is 0 Å². The minimum absolute atomic E-state index is 0.122. The molecule has 2 heterocycles. The summed E-state index contributed by atoms with van der Waals surface area (Å²) in [6.07, 6.45) is 0.288. The molecule has 0 saturated carbocycles. The second-order valence-electron chi connectivity index (χ2n) is 5.92. The molecule has 0 radical (unpaired) electrons. The van der Waals surface area contributed by atoms with E-state index in [0.717, 1.165) is 16.0 Å². The molecule has 0 atom stereocenters. The summed E-state index contributed by atoms with van der Waals surface area (Å²) < 4.78 is 5.32. The van der Waals surface area contributed by atoms with Gasteiger partial charge in [-0.1, -0.05) is 77.2 Å². The zero-order chi connectivity index (χ0) is 18.6. The highest BCUT2D eigenvalue weighted by Gasteiger charge is 2.20. The van der Waals surface area contributed by atoms with Gasteiger partial charge in [0.05, 0.1) is 12.1 Å². The lowest BCUT2D eigenvalue weighted by Gasteiger charge is -2.01. The predicted octanol–water partition coefficient (Wildman–Crippen LogP) is 4.35. The van der Waals surface area contributed by atoms with Gasteiger partial charge in [0.15, 0.2) is 11.0 Å². The molecule has 4 rings (SSSR count). The number of hydrogen-bond donors (Lipinski definition) is 1. The molecule has 2 aromatic carbocycles. The monoisotopic (exact) mass is 376 g/mol. The minimum atomic E-state index is -0.122. The van der Waals surface area contributed by atoms with Gasteiger partial charge in [-0.05, 0) is 12.5 Å². The van der Waals surface area contributed by atoms with E-state index in [2.05, 4.69) is 20.4 Å². The Morgan fingerprint density at radius 3 is 2.41 bits per heavy atom. The van der Waals surface area contributed by atoms with Gasteiger partial charge in [0.2, 0.25) is 5.91 Å². The molecule has 0 bridgehead atoms. The molecule has 2 aromatic heterocycles. The van der Waals surface area contributed by atoms with E-state index in [1.54, 1.807) is 6.92 Å². The lowest BCUT2D eigenvalue weighted by Crippen LogP contribution is -2.14. The van der Waals surface area contributed by atoms with Crippen LogP contribution in [0.5, 0.6) is 0 Å². The molecular formula is C20H16N4O2S. The molecule has 0 aliphatic rings. The van der Waals surface area contributed by atoms with E-state index in [4.69, 9.17) is 4.52 Å². The number of carbonyl (C=O) groups is 1. The van der Waals surface area contributed by atoms with Crippen LogP contribution < -0.4 is 5.32 Å². The Balaban J connectivity index is 1.64. The van der Waals surface area contributed by atoms with Crippen molar-refractivity contribution in [2.24, 2.45) is 0 Å². The van der Waals surface area contributed by atoms with Gasteiger partial charge in [0.1, 0.15) is 4.88 Å². The maximum Gasteiger partial charge on any atom is 0.270 e. The number of anilines is 1. The molecular weight excluding hydrogens is 360 g/mol. The lowest BCUT2D eigenvalue weighted by atomic mass is 10.1. The van der Waals surface area contributed by atoms with E-state index in [9.17, 15) is 4.79 Å². The van der Waals surface area contributed by atoms with Gasteiger partial charge in [0.25, 0.3) is 5.89 Å². The van der Waals surface area contributed by atoms with Crippen molar-refractivity contribution in [2.45, 2.75) is 13.3 Å². The van der Waals surface area contributed by atoms with Gasteiger partial charge in [-0.25, -0.2) is 4.98 Å². The van der Waals surface area contributed by atoms with E-state index in [0.29, 0.717) is 22.5 Å². The Morgan fingerprint density at radius 2 is 1.74 bits per heavy atom. The molecule has 6 nitrogen and oxygen atoms in total. The van der Waals surface area contributed by atoms with Crippen LogP contribution in [0.25, 0.3) is 22.0 Å². The molecule has 0 fully saturated rings. The maximum atomic E-state index is 12.4. The zero-order valence-electron chi connectivity index (χ0n) is 14.5. The Kier molecular flexibility index (Phi) is 4.76. The third-order valence-electron chi connectivity index (χ3n) is 3.85. The minimum Gasteiger partial charge on any atom is -0.333 e. The van der Waals surface area contributed by atoms with Crippen LogP contribution in [0.3, 0.4) is 0 Å². The van der Waals surface area contributed by atoms with Crippen molar-refractivity contribution in [3.63, 3.8) is 0 Å². The Morgan fingerprint density at radius 1 is 1.04 bits per heavy atom. The number of hydrogen-bond acceptors (Lipinski definition) is 6. The second kappa shape index (κ2) is 7.51. The van der Waals surface area contributed by atoms with Crippen LogP contribution in [-0.4, -0.2) is 21.0 Å². The number of aromatic nitrogens is 3. The smallest absolute Gasteiger partial charge is 0.270 e. The molecule has 0 spiro atoms. The maximum absolute atomic E-state index is 12.4. The lowest BCUT2D eigenvalue weighted by molar-refractivity contribution is -0.115. The van der Waals surface area contributed by atoms with Crippen LogP contribution in [0.15, 0.2) is 65.2 Å². The molecule has 0 aliphatic carbocycles. The van der Waals surface area contributed by atoms with Crippen LogP contribution in [0.4, 0.5) is 5.13 Å². The summed E-state index contributed by atoms with van der Waals surface area (Å²) in [5, 5.41) is 7.24. The molecule has 0 aliphatic heterocycles. The number of rotatable bonds is 5. The van der Waals surface area contributed by atoms with E-state index in [1.807, 2.05) is 60.7 Å². The van der Waals surface area contributed by atoms with E-state index < -0.39 is 0 Å². The van der Waals surface area contributed by atoms with Crippen molar-refractivity contribution in [1.82, 2.24) is 15.1 Å². The fraction of sp³-hybridized carbons (Fsp3) is 0.100. The third-order valence-corrected chi connectivity index (χ3v) is 4.81. The molecule has 4 aromatic rings. The zero-order valence-corrected chi connectivity index (χ0v) is 15.4. The van der Waals surface area contributed by atoms with Crippen molar-refractivity contribution in [1.29, 1.82) is 0 Å². The summed E-state index contributed by atoms with van der Waals surface area (Å²) >= 11 is 1.32. The topological polar surface area (TPSA) is 80.9 Å². The molecule has 27 heavy (non-hydrogen) atoms. The van der Waals surface area contributed by atoms with Crippen molar-refractivity contribution in [3.05, 3.63) is 72.1 Å². The number of carbonyl (C=O) groups excluding carboxylic acids is 1. The standard InChI is InChI=1S/C20H16N4O2S/c1-13-21-19(26-24-13)18-17(15-10-6-3-7-11-15)23-20(27-18)22-16(25)12-14-8-4-2-5-9-14/h2-11H,12H2,1H3,(H,22,23,25). The van der Waals surface area contributed by atoms with Crippen LogP contribution in [0.1, 0.15) is 11.4 Å². The summed E-state index contributed by atoms with van der Waals surface area (Å²) in [4.78, 5) is 22.0. The summed E-state index contributed by atoms with van der Waals surface area (Å²) in [5.41, 5.74) is 2.57. The molecule has 1 amide bonds. The van der Waals surface area contributed by atoms with Gasteiger partial charge < -0.3 is 9.84 Å². The SMILES string of the molecule is Cc1noc(-c2sc(NC(=O)Cc3ccccc3)nc2-c2ccccc2)n1. The van der Waals surface area contributed by atoms with Gasteiger partial charge in [-0.15, -0.1) is 0 Å². The predicted molar refractivity (Wildman–Crippen MR) is 104 cm³/mol. The number of nitrogens with zero attached hydrogens (tertiary/aromatic N) is 3. The Labute approximate surface area is 159 Å².